The molecule has 0 unspecified atom stereocenters. The lowest BCUT2D eigenvalue weighted by Crippen LogP contribution is -2.48. The molecule has 1 aliphatic rings. The van der Waals surface area contributed by atoms with E-state index in [1.807, 2.05) is 0 Å². The summed E-state index contributed by atoms with van der Waals surface area (Å²) in [5, 5.41) is 2.51. The van der Waals surface area contributed by atoms with Gasteiger partial charge in [0.15, 0.2) is 5.60 Å². The molecule has 0 aromatic heterocycles. The van der Waals surface area contributed by atoms with Crippen LogP contribution in [0.3, 0.4) is 0 Å². The SMILES string of the molecule is CO[C@]1(C(F)(F)F)CN[C@H](C(=O)OC(C)(C)C)C1. The largest absolute Gasteiger partial charge is 0.459 e. The molecule has 1 rings (SSSR count). The van der Waals surface area contributed by atoms with Crippen LogP contribution in [0.5, 0.6) is 0 Å². The number of ether oxygens (including phenoxy) is 2. The quantitative estimate of drug-likeness (QED) is 0.774. The van der Waals surface area contributed by atoms with Crippen LogP contribution in [0.1, 0.15) is 27.2 Å². The van der Waals surface area contributed by atoms with Crippen molar-refractivity contribution in [1.29, 1.82) is 0 Å². The first-order valence-corrected chi connectivity index (χ1v) is 5.59. The minimum absolute atomic E-state index is 0.448. The van der Waals surface area contributed by atoms with Crippen molar-refractivity contribution < 1.29 is 27.4 Å². The van der Waals surface area contributed by atoms with Crippen LogP contribution in [0.4, 0.5) is 13.2 Å². The number of hydrogen-bond acceptors (Lipinski definition) is 4. The van der Waals surface area contributed by atoms with Crippen molar-refractivity contribution in [3.63, 3.8) is 0 Å². The first kappa shape index (κ1) is 15.2. The van der Waals surface area contributed by atoms with Gasteiger partial charge >= 0.3 is 12.1 Å². The molecule has 7 heteroatoms. The highest BCUT2D eigenvalue weighted by molar-refractivity contribution is 5.77. The van der Waals surface area contributed by atoms with E-state index in [2.05, 4.69) is 10.1 Å². The molecule has 1 heterocycles. The lowest BCUT2D eigenvalue weighted by Gasteiger charge is -2.29. The Morgan fingerprint density at radius 2 is 1.89 bits per heavy atom. The van der Waals surface area contributed by atoms with Gasteiger partial charge in [0.25, 0.3) is 0 Å². The van der Waals surface area contributed by atoms with Gasteiger partial charge in [-0.15, -0.1) is 0 Å². The molecule has 2 atom stereocenters. The molecule has 4 nitrogen and oxygen atoms in total. The summed E-state index contributed by atoms with van der Waals surface area (Å²) >= 11 is 0. The second-order valence-electron chi connectivity index (χ2n) is 5.37. The predicted molar refractivity (Wildman–Crippen MR) is 58.0 cm³/mol. The van der Waals surface area contributed by atoms with Gasteiger partial charge in [-0.3, -0.25) is 4.79 Å². The first-order valence-electron chi connectivity index (χ1n) is 5.59. The van der Waals surface area contributed by atoms with Gasteiger partial charge in [0.05, 0.1) is 0 Å². The van der Waals surface area contributed by atoms with Crippen LogP contribution in [0.15, 0.2) is 0 Å². The topological polar surface area (TPSA) is 47.6 Å². The van der Waals surface area contributed by atoms with Crippen LogP contribution in [0, 0.1) is 0 Å². The number of halogens is 3. The molecule has 0 aromatic rings. The number of rotatable bonds is 2. The fraction of sp³-hybridized carbons (Fsp3) is 0.909. The second kappa shape index (κ2) is 4.70. The molecule has 18 heavy (non-hydrogen) atoms. The van der Waals surface area contributed by atoms with Gasteiger partial charge < -0.3 is 14.8 Å². The molecular weight excluding hydrogens is 251 g/mol. The molecule has 0 bridgehead atoms. The summed E-state index contributed by atoms with van der Waals surface area (Å²) in [5.74, 6) is -0.689. The summed E-state index contributed by atoms with van der Waals surface area (Å²) in [6, 6.07) is -0.995. The normalized spacial score (nSPS) is 29.4. The minimum Gasteiger partial charge on any atom is -0.459 e. The summed E-state index contributed by atoms with van der Waals surface area (Å²) in [6.07, 6.45) is -4.99. The van der Waals surface area contributed by atoms with Crippen molar-refractivity contribution in [1.82, 2.24) is 5.32 Å². The summed E-state index contributed by atoms with van der Waals surface area (Å²) in [6.45, 7) is 4.53. The van der Waals surface area contributed by atoms with Crippen molar-refractivity contribution in [3.8, 4) is 0 Å². The molecular formula is C11H18F3NO3. The van der Waals surface area contributed by atoms with Gasteiger partial charge in [-0.1, -0.05) is 0 Å². The number of alkyl halides is 3. The van der Waals surface area contributed by atoms with Crippen LogP contribution in [-0.2, 0) is 14.3 Å². The Hall–Kier alpha value is -0.820. The van der Waals surface area contributed by atoms with E-state index in [4.69, 9.17) is 4.74 Å². The third-order valence-corrected chi connectivity index (χ3v) is 2.77. The van der Waals surface area contributed by atoms with E-state index in [0.717, 1.165) is 7.11 Å². The van der Waals surface area contributed by atoms with Crippen LogP contribution in [0.2, 0.25) is 0 Å². The summed E-state index contributed by atoms with van der Waals surface area (Å²) in [5.41, 5.74) is -3.04. The van der Waals surface area contributed by atoms with Crippen molar-refractivity contribution >= 4 is 5.97 Å². The Bertz CT molecular complexity index is 324. The van der Waals surface area contributed by atoms with Gasteiger partial charge in [-0.25, -0.2) is 0 Å². The number of nitrogens with one attached hydrogen (secondary N) is 1. The van der Waals surface area contributed by atoms with Gasteiger partial charge in [0, 0.05) is 20.1 Å². The molecule has 106 valence electrons. The van der Waals surface area contributed by atoms with Gasteiger partial charge in [-0.05, 0) is 20.8 Å². The predicted octanol–water partition coefficient (Wildman–Crippen LogP) is 1.64. The highest BCUT2D eigenvalue weighted by atomic mass is 19.4. The van der Waals surface area contributed by atoms with E-state index in [1.54, 1.807) is 20.8 Å². The van der Waals surface area contributed by atoms with E-state index in [-0.39, 0.29) is 0 Å². The van der Waals surface area contributed by atoms with Gasteiger partial charge in [-0.2, -0.15) is 13.2 Å². The number of carbonyl (C=O) groups excluding carboxylic acids is 1. The van der Waals surface area contributed by atoms with E-state index in [0.29, 0.717) is 0 Å². The Morgan fingerprint density at radius 1 is 1.33 bits per heavy atom. The maximum Gasteiger partial charge on any atom is 0.418 e. The molecule has 1 aliphatic heterocycles. The molecule has 0 aromatic carbocycles. The van der Waals surface area contributed by atoms with Crippen LogP contribution >= 0.6 is 0 Å². The summed E-state index contributed by atoms with van der Waals surface area (Å²) in [4.78, 5) is 11.7. The number of esters is 1. The fourth-order valence-electron chi connectivity index (χ4n) is 1.79. The zero-order valence-electron chi connectivity index (χ0n) is 10.9. The molecule has 1 N–H and O–H groups in total. The highest BCUT2D eigenvalue weighted by Crippen LogP contribution is 2.39. The van der Waals surface area contributed by atoms with E-state index < -0.39 is 42.4 Å². The monoisotopic (exact) mass is 269 g/mol. The fourth-order valence-corrected chi connectivity index (χ4v) is 1.79. The lowest BCUT2D eigenvalue weighted by atomic mass is 9.99. The van der Waals surface area contributed by atoms with Gasteiger partial charge in [0.2, 0.25) is 0 Å². The molecule has 0 aliphatic carbocycles. The Balaban J connectivity index is 2.74. The van der Waals surface area contributed by atoms with Crippen molar-refractivity contribution in [2.75, 3.05) is 13.7 Å². The molecule has 0 amide bonds. The highest BCUT2D eigenvalue weighted by Gasteiger charge is 2.60. The average Bonchev–Trinajstić information content (AvgIpc) is 2.59. The summed E-state index contributed by atoms with van der Waals surface area (Å²) < 4.78 is 48.2. The molecule has 0 radical (unpaired) electrons. The van der Waals surface area contributed by atoms with E-state index in [9.17, 15) is 18.0 Å². The number of carbonyl (C=O) groups is 1. The van der Waals surface area contributed by atoms with Crippen LogP contribution in [0.25, 0.3) is 0 Å². The van der Waals surface area contributed by atoms with E-state index in [1.165, 1.54) is 0 Å². The zero-order chi connectivity index (χ0) is 14.2. The number of methoxy groups -OCH3 is 1. The Labute approximate surface area is 104 Å². The maximum atomic E-state index is 12.9. The third kappa shape index (κ3) is 3.14. The Kier molecular flexibility index (Phi) is 3.97. The smallest absolute Gasteiger partial charge is 0.418 e. The second-order valence-corrected chi connectivity index (χ2v) is 5.37. The first-order chi connectivity index (χ1) is 8.01. The van der Waals surface area contributed by atoms with Crippen LogP contribution in [-0.4, -0.2) is 43.0 Å². The average molecular weight is 269 g/mol. The summed E-state index contributed by atoms with van der Waals surface area (Å²) in [7, 11) is 0.993. The zero-order valence-corrected chi connectivity index (χ0v) is 10.9. The van der Waals surface area contributed by atoms with Crippen molar-refractivity contribution in [3.05, 3.63) is 0 Å². The molecule has 0 spiro atoms. The standard InChI is InChI=1S/C11H18F3NO3/c1-9(2,3)18-8(16)7-5-10(17-4,6-15-7)11(12,13)14/h7,15H,5-6H2,1-4H3/t7-,10-/m0/s1. The van der Waals surface area contributed by atoms with Crippen molar-refractivity contribution in [2.24, 2.45) is 0 Å². The number of hydrogen-bond donors (Lipinski definition) is 1. The third-order valence-electron chi connectivity index (χ3n) is 2.77. The van der Waals surface area contributed by atoms with Gasteiger partial charge in [0.1, 0.15) is 11.6 Å². The van der Waals surface area contributed by atoms with Crippen LogP contribution < -0.4 is 5.32 Å². The maximum absolute atomic E-state index is 12.9. The van der Waals surface area contributed by atoms with E-state index >= 15 is 0 Å². The minimum atomic E-state index is -4.52. The molecule has 1 saturated heterocycles. The lowest BCUT2D eigenvalue weighted by molar-refractivity contribution is -0.262. The van der Waals surface area contributed by atoms with Crippen molar-refractivity contribution in [2.45, 2.75) is 50.6 Å². The Morgan fingerprint density at radius 3 is 2.22 bits per heavy atom. The molecule has 0 saturated carbocycles. The molecule has 1 fully saturated rings.